The molecule has 1 aromatic carbocycles. The van der Waals surface area contributed by atoms with E-state index < -0.39 is 5.97 Å². The van der Waals surface area contributed by atoms with Crippen molar-refractivity contribution in [1.82, 2.24) is 29.8 Å². The van der Waals surface area contributed by atoms with Gasteiger partial charge in [-0.15, -0.1) is 0 Å². The molecular formula is C27H27N7O2. The number of carboxylic acids is 1. The molecule has 9 heteroatoms. The van der Waals surface area contributed by atoms with Gasteiger partial charge < -0.3 is 10.4 Å². The Balaban J connectivity index is 1.22. The Kier molecular flexibility index (Phi) is 6.90. The van der Waals surface area contributed by atoms with E-state index in [1.54, 1.807) is 24.5 Å². The zero-order chi connectivity index (χ0) is 24.9. The zero-order valence-electron chi connectivity index (χ0n) is 20.0. The monoisotopic (exact) mass is 481 g/mol. The van der Waals surface area contributed by atoms with Crippen molar-refractivity contribution in [3.05, 3.63) is 89.6 Å². The summed E-state index contributed by atoms with van der Waals surface area (Å²) in [4.78, 5) is 35.9. The van der Waals surface area contributed by atoms with Gasteiger partial charge in [-0.05, 0) is 55.3 Å². The molecular weight excluding hydrogens is 454 g/mol. The van der Waals surface area contributed by atoms with Gasteiger partial charge >= 0.3 is 5.97 Å². The van der Waals surface area contributed by atoms with Crippen molar-refractivity contribution in [2.24, 2.45) is 5.92 Å². The quantitative estimate of drug-likeness (QED) is 0.387. The fourth-order valence-electron chi connectivity index (χ4n) is 4.29. The maximum absolute atomic E-state index is 11.2. The third-order valence-corrected chi connectivity index (χ3v) is 6.15. The Morgan fingerprint density at radius 2 is 1.72 bits per heavy atom. The van der Waals surface area contributed by atoms with Gasteiger partial charge in [0, 0.05) is 37.6 Å². The summed E-state index contributed by atoms with van der Waals surface area (Å²) in [5, 5.41) is 12.4. The molecule has 0 saturated carbocycles. The van der Waals surface area contributed by atoms with Crippen LogP contribution in [0.1, 0.15) is 29.1 Å². The summed E-state index contributed by atoms with van der Waals surface area (Å²) in [6.45, 7) is 4.13. The third kappa shape index (κ3) is 5.87. The number of nitrogens with one attached hydrogen (secondary N) is 1. The van der Waals surface area contributed by atoms with E-state index in [4.69, 9.17) is 0 Å². The van der Waals surface area contributed by atoms with Crippen LogP contribution < -0.4 is 5.32 Å². The van der Waals surface area contributed by atoms with Crippen molar-refractivity contribution < 1.29 is 9.90 Å². The summed E-state index contributed by atoms with van der Waals surface area (Å²) in [7, 11) is 0. The van der Waals surface area contributed by atoms with E-state index in [0.29, 0.717) is 42.7 Å². The van der Waals surface area contributed by atoms with Crippen LogP contribution in [0.3, 0.4) is 0 Å². The van der Waals surface area contributed by atoms with Gasteiger partial charge in [-0.2, -0.15) is 0 Å². The summed E-state index contributed by atoms with van der Waals surface area (Å²) >= 11 is 0. The number of carboxylic acid groups (broad SMARTS) is 1. The normalized spacial score (nSPS) is 15.6. The number of anilines is 2. The molecule has 0 spiro atoms. The average molecular weight is 482 g/mol. The van der Waals surface area contributed by atoms with E-state index in [-0.39, 0.29) is 5.92 Å². The van der Waals surface area contributed by atoms with Crippen molar-refractivity contribution in [1.29, 1.82) is 0 Å². The maximum atomic E-state index is 11.2. The second-order valence-corrected chi connectivity index (χ2v) is 8.97. The average Bonchev–Trinajstić information content (AvgIpc) is 3.35. The van der Waals surface area contributed by atoms with Gasteiger partial charge in [-0.25, -0.2) is 24.9 Å². The molecule has 3 aromatic heterocycles. The minimum absolute atomic E-state index is 0.254. The van der Waals surface area contributed by atoms with Crippen LogP contribution in [0.2, 0.25) is 0 Å². The predicted octanol–water partition coefficient (Wildman–Crippen LogP) is 3.88. The molecule has 36 heavy (non-hydrogen) atoms. The van der Waals surface area contributed by atoms with E-state index in [9.17, 15) is 9.90 Å². The van der Waals surface area contributed by atoms with Crippen molar-refractivity contribution in [3.63, 3.8) is 0 Å². The number of nitrogens with zero attached hydrogens (tertiary/aromatic N) is 6. The molecule has 182 valence electrons. The fourth-order valence-corrected chi connectivity index (χ4v) is 4.29. The highest BCUT2D eigenvalue weighted by molar-refractivity contribution is 5.70. The van der Waals surface area contributed by atoms with Gasteiger partial charge in [-0.1, -0.05) is 30.3 Å². The molecule has 0 radical (unpaired) electrons. The minimum atomic E-state index is -0.701. The molecule has 2 N–H and O–H groups in total. The Bertz CT molecular complexity index is 1360. The van der Waals surface area contributed by atoms with E-state index in [0.717, 1.165) is 30.0 Å². The van der Waals surface area contributed by atoms with Crippen LogP contribution in [-0.4, -0.2) is 54.0 Å². The molecule has 1 aliphatic heterocycles. The minimum Gasteiger partial charge on any atom is -0.481 e. The van der Waals surface area contributed by atoms with Gasteiger partial charge in [0.25, 0.3) is 0 Å². The number of pyridine rings is 1. The summed E-state index contributed by atoms with van der Waals surface area (Å²) in [5.74, 6) is 1.57. The Morgan fingerprint density at radius 3 is 2.47 bits per heavy atom. The summed E-state index contributed by atoms with van der Waals surface area (Å²) < 4.78 is 0. The van der Waals surface area contributed by atoms with Gasteiger partial charge in [-0.3, -0.25) is 9.69 Å². The van der Waals surface area contributed by atoms with Gasteiger partial charge in [0.2, 0.25) is 0 Å². The highest BCUT2D eigenvalue weighted by Gasteiger charge is 2.27. The van der Waals surface area contributed by atoms with Gasteiger partial charge in [0.05, 0.1) is 5.92 Å². The predicted molar refractivity (Wildman–Crippen MR) is 136 cm³/mol. The molecule has 9 nitrogen and oxygen atoms in total. The lowest BCUT2D eigenvalue weighted by Crippen LogP contribution is -2.22. The molecule has 5 rings (SSSR count). The molecule has 1 fully saturated rings. The molecule has 1 saturated heterocycles. The Labute approximate surface area is 209 Å². The first-order valence-corrected chi connectivity index (χ1v) is 11.9. The zero-order valence-corrected chi connectivity index (χ0v) is 20.0. The molecule has 0 amide bonds. The molecule has 1 aliphatic rings. The van der Waals surface area contributed by atoms with E-state index >= 15 is 0 Å². The number of aromatic nitrogens is 5. The highest BCUT2D eigenvalue weighted by Crippen LogP contribution is 2.20. The molecule has 4 aromatic rings. The highest BCUT2D eigenvalue weighted by atomic mass is 16.4. The molecule has 1 atom stereocenters. The standard InChI is InChI=1S/C27H27N7O2/c1-18-3-2-4-22(30-18)26-29-13-10-24(33-26)31-23-9-12-28-25(32-23)15-19-5-7-20(8-6-19)16-34-14-11-21(17-34)27(35)36/h2-10,12-13,21H,11,14-17H2,1H3,(H,35,36)(H,28,29,31,32,33). The number of aryl methyl sites for hydroxylation is 1. The first-order valence-electron chi connectivity index (χ1n) is 11.9. The summed E-state index contributed by atoms with van der Waals surface area (Å²) in [6.07, 6.45) is 4.74. The number of hydrogen-bond donors (Lipinski definition) is 2. The molecule has 1 unspecified atom stereocenters. The first-order chi connectivity index (χ1) is 17.5. The van der Waals surface area contributed by atoms with Crippen LogP contribution in [0.5, 0.6) is 0 Å². The lowest BCUT2D eigenvalue weighted by atomic mass is 10.1. The van der Waals surface area contributed by atoms with Crippen molar-refractivity contribution in [2.75, 3.05) is 18.4 Å². The smallest absolute Gasteiger partial charge is 0.307 e. The lowest BCUT2D eigenvalue weighted by Gasteiger charge is -2.15. The summed E-state index contributed by atoms with van der Waals surface area (Å²) in [5.41, 5.74) is 3.90. The largest absolute Gasteiger partial charge is 0.481 e. The van der Waals surface area contributed by atoms with Crippen molar-refractivity contribution >= 4 is 17.6 Å². The topological polar surface area (TPSA) is 117 Å². The fraction of sp³-hybridized carbons (Fsp3) is 0.259. The second kappa shape index (κ2) is 10.6. The van der Waals surface area contributed by atoms with Crippen molar-refractivity contribution in [3.8, 4) is 11.5 Å². The van der Waals surface area contributed by atoms with Crippen LogP contribution in [0.15, 0.2) is 67.0 Å². The number of benzene rings is 1. The number of carbonyl (C=O) groups is 1. The van der Waals surface area contributed by atoms with E-state index in [1.807, 2.05) is 25.1 Å². The van der Waals surface area contributed by atoms with E-state index in [1.165, 1.54) is 5.56 Å². The van der Waals surface area contributed by atoms with Crippen LogP contribution in [0.4, 0.5) is 11.6 Å². The molecule has 0 bridgehead atoms. The molecule has 4 heterocycles. The Morgan fingerprint density at radius 1 is 0.972 bits per heavy atom. The number of likely N-dealkylation sites (tertiary alicyclic amines) is 1. The number of aliphatic carboxylic acids is 1. The summed E-state index contributed by atoms with van der Waals surface area (Å²) in [6, 6.07) is 17.7. The van der Waals surface area contributed by atoms with Crippen LogP contribution in [0, 0.1) is 12.8 Å². The van der Waals surface area contributed by atoms with Crippen molar-refractivity contribution in [2.45, 2.75) is 26.3 Å². The van der Waals surface area contributed by atoms with E-state index in [2.05, 4.69) is 59.4 Å². The van der Waals surface area contributed by atoms with Gasteiger partial charge in [0.15, 0.2) is 5.82 Å². The SMILES string of the molecule is Cc1cccc(-c2nccc(Nc3ccnc(Cc4ccc(CN5CCC(C(=O)O)C5)cc4)n3)n2)n1. The van der Waals surface area contributed by atoms with Crippen LogP contribution >= 0.6 is 0 Å². The van der Waals surface area contributed by atoms with Crippen LogP contribution in [0.25, 0.3) is 11.5 Å². The van der Waals surface area contributed by atoms with Gasteiger partial charge in [0.1, 0.15) is 23.2 Å². The third-order valence-electron chi connectivity index (χ3n) is 6.15. The number of hydrogen-bond acceptors (Lipinski definition) is 8. The van der Waals surface area contributed by atoms with Crippen LogP contribution in [-0.2, 0) is 17.8 Å². The molecule has 0 aliphatic carbocycles. The Hall–Kier alpha value is -4.24. The first kappa shape index (κ1) is 23.5. The maximum Gasteiger partial charge on any atom is 0.307 e. The lowest BCUT2D eigenvalue weighted by molar-refractivity contribution is -0.141. The number of rotatable bonds is 8. The second-order valence-electron chi connectivity index (χ2n) is 8.97.